The monoisotopic (exact) mass is 405 g/mol. The van der Waals surface area contributed by atoms with Crippen LogP contribution in [0.5, 0.6) is 0 Å². The van der Waals surface area contributed by atoms with Gasteiger partial charge in [-0.2, -0.15) is 0 Å². The molecular weight excluding hydrogens is 373 g/mol. The molecule has 0 bridgehead atoms. The molecule has 7 nitrogen and oxygen atoms in total. The van der Waals surface area contributed by atoms with Crippen LogP contribution in [0.15, 0.2) is 24.3 Å². The Morgan fingerprint density at radius 1 is 1.28 bits per heavy atom. The van der Waals surface area contributed by atoms with Gasteiger partial charge < -0.3 is 24.4 Å². The molecule has 8 heteroatoms. The van der Waals surface area contributed by atoms with Crippen molar-refractivity contribution in [2.75, 3.05) is 19.7 Å². The van der Waals surface area contributed by atoms with E-state index in [1.165, 1.54) is 0 Å². The number of ether oxygens (including phenoxy) is 1. The van der Waals surface area contributed by atoms with Crippen molar-refractivity contribution in [3.63, 3.8) is 0 Å². The number of amides is 1. The van der Waals surface area contributed by atoms with E-state index in [0.717, 1.165) is 6.42 Å². The molecule has 160 valence electrons. The van der Waals surface area contributed by atoms with E-state index in [9.17, 15) is 19.7 Å². The first-order chi connectivity index (χ1) is 13.5. The number of carbonyl (C=O) groups is 2. The van der Waals surface area contributed by atoms with Crippen LogP contribution in [0.3, 0.4) is 0 Å². The lowest BCUT2D eigenvalue weighted by atomic mass is 9.76. The molecule has 2 N–H and O–H groups in total. The topological polar surface area (TPSA) is 96.3 Å². The summed E-state index contributed by atoms with van der Waals surface area (Å²) in [5.41, 5.74) is -1.34. The van der Waals surface area contributed by atoms with Crippen molar-refractivity contribution in [1.82, 2.24) is 4.90 Å². The second kappa shape index (κ2) is 9.28. The summed E-state index contributed by atoms with van der Waals surface area (Å²) in [5, 5.41) is 20.7. The van der Waals surface area contributed by atoms with E-state index in [-0.39, 0.29) is 17.8 Å². The third-order valence-electron chi connectivity index (χ3n) is 5.63. The molecule has 2 rings (SSSR count). The van der Waals surface area contributed by atoms with Crippen LogP contribution in [-0.4, -0.2) is 64.9 Å². The summed E-state index contributed by atoms with van der Waals surface area (Å²) in [4.78, 5) is 26.6. The highest BCUT2D eigenvalue weighted by molar-refractivity contribution is 6.60. The van der Waals surface area contributed by atoms with Gasteiger partial charge in [0.25, 0.3) is 5.91 Å². The Bertz CT molecular complexity index is 730. The largest absolute Gasteiger partial charge is 0.491 e. The van der Waals surface area contributed by atoms with Gasteiger partial charge in [-0.25, -0.2) is 0 Å². The van der Waals surface area contributed by atoms with Crippen molar-refractivity contribution < 1.29 is 29.1 Å². The van der Waals surface area contributed by atoms with Crippen LogP contribution < -0.4 is 5.46 Å². The summed E-state index contributed by atoms with van der Waals surface area (Å²) in [6.45, 7) is 9.58. The highest BCUT2D eigenvalue weighted by Gasteiger charge is 2.39. The maximum atomic E-state index is 13.0. The number of piperidine rings is 1. The van der Waals surface area contributed by atoms with Gasteiger partial charge in [0.1, 0.15) is 0 Å². The molecule has 1 amide bonds. The van der Waals surface area contributed by atoms with Crippen molar-refractivity contribution in [1.29, 1.82) is 0 Å². The average Bonchev–Trinajstić information content (AvgIpc) is 2.66. The van der Waals surface area contributed by atoms with Crippen LogP contribution >= 0.6 is 0 Å². The number of nitrogens with zero attached hydrogens (tertiary/aromatic N) is 1. The molecule has 0 aliphatic carbocycles. The number of hydrogen-bond acceptors (Lipinski definition) is 6. The molecule has 1 aliphatic rings. The van der Waals surface area contributed by atoms with E-state index in [1.54, 1.807) is 63.8 Å². The second-order valence-electron chi connectivity index (χ2n) is 8.51. The van der Waals surface area contributed by atoms with E-state index in [1.807, 2.05) is 0 Å². The standard InChI is InChI=1S/C21H32BNO6/c1-6-28-19(25)16-10-8-12-23(14-16)18(24)15-9-7-11-17(13-15)22(27)29-21(4,5)20(2,3)26/h7,9,11,13,16,26-27H,6,8,10,12,14H2,1-5H3/t16-/m0/s1. The van der Waals surface area contributed by atoms with Gasteiger partial charge >= 0.3 is 13.1 Å². The van der Waals surface area contributed by atoms with Gasteiger partial charge in [-0.05, 0) is 65.1 Å². The van der Waals surface area contributed by atoms with Gasteiger partial charge in [0.05, 0.1) is 23.7 Å². The van der Waals surface area contributed by atoms with Crippen LogP contribution in [0.1, 0.15) is 57.8 Å². The molecule has 1 atom stereocenters. The molecule has 0 saturated carbocycles. The predicted octanol–water partition coefficient (Wildman–Crippen LogP) is 1.36. The summed E-state index contributed by atoms with van der Waals surface area (Å²) in [6.07, 6.45) is 1.45. The molecule has 1 aliphatic heterocycles. The minimum Gasteiger partial charge on any atom is -0.466 e. The molecule has 0 aromatic heterocycles. The molecule has 0 unspecified atom stereocenters. The number of likely N-dealkylation sites (tertiary alicyclic amines) is 1. The first-order valence-corrected chi connectivity index (χ1v) is 10.1. The minimum absolute atomic E-state index is 0.199. The van der Waals surface area contributed by atoms with Crippen LogP contribution in [-0.2, 0) is 14.2 Å². The number of rotatable bonds is 7. The summed E-state index contributed by atoms with van der Waals surface area (Å²) in [6, 6.07) is 6.60. The number of carbonyl (C=O) groups excluding carboxylic acids is 2. The summed E-state index contributed by atoms with van der Waals surface area (Å²) < 4.78 is 10.8. The highest BCUT2D eigenvalue weighted by Crippen LogP contribution is 2.25. The van der Waals surface area contributed by atoms with Crippen LogP contribution in [0.2, 0.25) is 0 Å². The fraction of sp³-hybridized carbons (Fsp3) is 0.619. The lowest BCUT2D eigenvalue weighted by molar-refractivity contribution is -0.149. The molecule has 29 heavy (non-hydrogen) atoms. The Morgan fingerprint density at radius 2 is 1.97 bits per heavy atom. The smallest absolute Gasteiger partial charge is 0.466 e. The number of esters is 1. The molecule has 1 saturated heterocycles. The van der Waals surface area contributed by atoms with E-state index in [0.29, 0.717) is 37.1 Å². The fourth-order valence-corrected chi connectivity index (χ4v) is 3.11. The average molecular weight is 405 g/mol. The highest BCUT2D eigenvalue weighted by atomic mass is 16.5. The molecule has 0 radical (unpaired) electrons. The van der Waals surface area contributed by atoms with Gasteiger partial charge in [0.15, 0.2) is 0 Å². The second-order valence-corrected chi connectivity index (χ2v) is 8.51. The molecule has 1 aromatic rings. The maximum absolute atomic E-state index is 13.0. The van der Waals surface area contributed by atoms with E-state index in [4.69, 9.17) is 9.39 Å². The summed E-state index contributed by atoms with van der Waals surface area (Å²) in [5.74, 6) is -0.774. The Morgan fingerprint density at radius 3 is 2.59 bits per heavy atom. The first-order valence-electron chi connectivity index (χ1n) is 10.1. The van der Waals surface area contributed by atoms with E-state index < -0.39 is 18.3 Å². The predicted molar refractivity (Wildman–Crippen MR) is 111 cm³/mol. The Hall–Kier alpha value is -1.90. The van der Waals surface area contributed by atoms with Crippen LogP contribution in [0.4, 0.5) is 0 Å². The zero-order valence-corrected chi connectivity index (χ0v) is 18.0. The van der Waals surface area contributed by atoms with Gasteiger partial charge in [-0.15, -0.1) is 0 Å². The van der Waals surface area contributed by atoms with Gasteiger partial charge in [0.2, 0.25) is 0 Å². The van der Waals surface area contributed by atoms with Crippen molar-refractivity contribution in [2.24, 2.45) is 5.92 Å². The Labute approximate surface area is 173 Å². The molecular formula is C21H32BNO6. The third kappa shape index (κ3) is 5.81. The van der Waals surface area contributed by atoms with Gasteiger partial charge in [-0.1, -0.05) is 12.1 Å². The number of hydrogen-bond donors (Lipinski definition) is 2. The number of aliphatic hydroxyl groups is 1. The zero-order chi connectivity index (χ0) is 21.8. The van der Waals surface area contributed by atoms with Crippen molar-refractivity contribution >= 4 is 24.5 Å². The third-order valence-corrected chi connectivity index (χ3v) is 5.63. The van der Waals surface area contributed by atoms with Crippen molar-refractivity contribution in [3.8, 4) is 0 Å². The number of benzene rings is 1. The lowest BCUT2D eigenvalue weighted by Gasteiger charge is -2.38. The minimum atomic E-state index is -1.29. The molecule has 1 aromatic carbocycles. The van der Waals surface area contributed by atoms with Crippen LogP contribution in [0, 0.1) is 5.92 Å². The Balaban J connectivity index is 2.12. The normalized spacial score (nSPS) is 17.8. The van der Waals surface area contributed by atoms with Crippen molar-refractivity contribution in [3.05, 3.63) is 29.8 Å². The molecule has 0 spiro atoms. The van der Waals surface area contributed by atoms with Gasteiger partial charge in [-0.3, -0.25) is 9.59 Å². The fourth-order valence-electron chi connectivity index (χ4n) is 3.11. The van der Waals surface area contributed by atoms with Crippen molar-refractivity contribution in [2.45, 2.75) is 58.7 Å². The van der Waals surface area contributed by atoms with E-state index in [2.05, 4.69) is 0 Å². The molecule has 1 fully saturated rings. The summed E-state index contributed by atoms with van der Waals surface area (Å²) in [7, 11) is -1.29. The SMILES string of the molecule is CCOC(=O)[C@H]1CCCN(C(=O)c2cccc(B(O)OC(C)(C)C(C)(C)O)c2)C1. The molecule has 1 heterocycles. The van der Waals surface area contributed by atoms with Crippen LogP contribution in [0.25, 0.3) is 0 Å². The zero-order valence-electron chi connectivity index (χ0n) is 18.0. The van der Waals surface area contributed by atoms with Gasteiger partial charge in [0, 0.05) is 18.7 Å². The van der Waals surface area contributed by atoms with E-state index >= 15 is 0 Å². The maximum Gasteiger partial charge on any atom is 0.491 e. The Kier molecular flexibility index (Phi) is 7.48. The quantitative estimate of drug-likeness (QED) is 0.525. The summed E-state index contributed by atoms with van der Waals surface area (Å²) >= 11 is 0. The lowest BCUT2D eigenvalue weighted by Crippen LogP contribution is -2.53. The first kappa shape index (κ1) is 23.4.